The SMILES string of the molecule is COCC1(CCNc2nnc(-c3cc(Cl)ccc3F)cc2C(=O)OC(=O)C(F)(F)F)CCOC1=O. The number of halogens is 5. The highest BCUT2D eigenvalue weighted by Gasteiger charge is 2.45. The lowest BCUT2D eigenvalue weighted by atomic mass is 9.84. The Morgan fingerprint density at radius 3 is 2.63 bits per heavy atom. The lowest BCUT2D eigenvalue weighted by Gasteiger charge is -2.23. The van der Waals surface area contributed by atoms with Gasteiger partial charge in [0.2, 0.25) is 0 Å². The van der Waals surface area contributed by atoms with Crippen LogP contribution in [0.25, 0.3) is 11.3 Å². The van der Waals surface area contributed by atoms with Crippen LogP contribution < -0.4 is 5.32 Å². The number of aromatic nitrogens is 2. The van der Waals surface area contributed by atoms with Crippen LogP contribution in [0.5, 0.6) is 0 Å². The minimum atomic E-state index is -5.43. The zero-order valence-electron chi connectivity index (χ0n) is 18.1. The van der Waals surface area contributed by atoms with E-state index in [2.05, 4.69) is 20.3 Å². The maximum absolute atomic E-state index is 14.3. The number of hydrogen-bond acceptors (Lipinski definition) is 9. The number of esters is 3. The molecule has 1 unspecified atom stereocenters. The van der Waals surface area contributed by atoms with E-state index in [0.717, 1.165) is 12.1 Å². The van der Waals surface area contributed by atoms with E-state index >= 15 is 0 Å². The molecule has 188 valence electrons. The van der Waals surface area contributed by atoms with Crippen molar-refractivity contribution in [2.75, 3.05) is 32.2 Å². The second kappa shape index (κ2) is 10.5. The summed E-state index contributed by atoms with van der Waals surface area (Å²) < 4.78 is 66.1. The summed E-state index contributed by atoms with van der Waals surface area (Å²) in [5.41, 5.74) is -2.04. The molecule has 9 nitrogen and oxygen atoms in total. The highest BCUT2D eigenvalue weighted by molar-refractivity contribution is 6.30. The van der Waals surface area contributed by atoms with Crippen LogP contribution in [0.2, 0.25) is 5.02 Å². The van der Waals surface area contributed by atoms with E-state index in [4.69, 9.17) is 21.1 Å². The number of carbonyl (C=O) groups excluding carboxylic acids is 3. The van der Waals surface area contributed by atoms with Crippen molar-refractivity contribution in [3.63, 3.8) is 0 Å². The molecule has 1 N–H and O–H groups in total. The molecule has 0 radical (unpaired) electrons. The lowest BCUT2D eigenvalue weighted by molar-refractivity contribution is -0.193. The first-order chi connectivity index (χ1) is 16.5. The number of methoxy groups -OCH3 is 1. The summed E-state index contributed by atoms with van der Waals surface area (Å²) in [5, 5.41) is 10.4. The Bertz CT molecular complexity index is 1150. The van der Waals surface area contributed by atoms with Gasteiger partial charge in [0.1, 0.15) is 11.4 Å². The van der Waals surface area contributed by atoms with E-state index < -0.39 is 40.9 Å². The molecule has 1 aliphatic rings. The molecule has 2 aromatic rings. The first kappa shape index (κ1) is 26.3. The molecule has 0 amide bonds. The van der Waals surface area contributed by atoms with E-state index in [1.54, 1.807) is 0 Å². The highest BCUT2D eigenvalue weighted by atomic mass is 35.5. The third-order valence-corrected chi connectivity index (χ3v) is 5.43. The molecule has 14 heteroatoms. The molecule has 1 aromatic heterocycles. The summed E-state index contributed by atoms with van der Waals surface area (Å²) in [6.07, 6.45) is -4.90. The number of nitrogens with one attached hydrogen (secondary N) is 1. The fourth-order valence-corrected chi connectivity index (χ4v) is 3.59. The molecule has 2 heterocycles. The third kappa shape index (κ3) is 6.03. The fourth-order valence-electron chi connectivity index (χ4n) is 3.42. The molecule has 1 fully saturated rings. The van der Waals surface area contributed by atoms with Crippen LogP contribution in [0.15, 0.2) is 24.3 Å². The minimum absolute atomic E-state index is 0.00842. The van der Waals surface area contributed by atoms with Crippen LogP contribution >= 0.6 is 11.6 Å². The number of benzene rings is 1. The zero-order valence-corrected chi connectivity index (χ0v) is 18.8. The molecule has 3 rings (SSSR count). The van der Waals surface area contributed by atoms with Crippen LogP contribution in [-0.2, 0) is 23.8 Å². The first-order valence-electron chi connectivity index (χ1n) is 10.0. The number of nitrogens with zero attached hydrogens (tertiary/aromatic N) is 2. The van der Waals surface area contributed by atoms with Crippen molar-refractivity contribution in [2.45, 2.75) is 19.0 Å². The smallest absolute Gasteiger partial charge is 0.465 e. The second-order valence-corrected chi connectivity index (χ2v) is 8.00. The van der Waals surface area contributed by atoms with Crippen molar-refractivity contribution in [3.8, 4) is 11.3 Å². The Kier molecular flexibility index (Phi) is 7.90. The predicted octanol–water partition coefficient (Wildman–Crippen LogP) is 3.56. The van der Waals surface area contributed by atoms with Gasteiger partial charge in [0, 0.05) is 24.2 Å². The third-order valence-electron chi connectivity index (χ3n) is 5.20. The van der Waals surface area contributed by atoms with E-state index in [1.165, 1.54) is 19.2 Å². The van der Waals surface area contributed by atoms with E-state index in [9.17, 15) is 31.9 Å². The first-order valence-corrected chi connectivity index (χ1v) is 10.4. The predicted molar refractivity (Wildman–Crippen MR) is 112 cm³/mol. The van der Waals surface area contributed by atoms with Crippen LogP contribution in [-0.4, -0.2) is 61.1 Å². The molecule has 0 spiro atoms. The maximum Gasteiger partial charge on any atom is 0.491 e. The number of anilines is 1. The van der Waals surface area contributed by atoms with Gasteiger partial charge in [0.05, 0.1) is 24.3 Å². The van der Waals surface area contributed by atoms with Crippen molar-refractivity contribution >= 4 is 35.3 Å². The molecule has 1 saturated heterocycles. The summed E-state index contributed by atoms with van der Waals surface area (Å²) in [6.45, 7) is 0.242. The summed E-state index contributed by atoms with van der Waals surface area (Å²) in [7, 11) is 1.41. The van der Waals surface area contributed by atoms with E-state index in [1.807, 2.05) is 0 Å². The number of cyclic esters (lactones) is 1. The highest BCUT2D eigenvalue weighted by Crippen LogP contribution is 2.34. The minimum Gasteiger partial charge on any atom is -0.465 e. The number of alkyl halides is 3. The van der Waals surface area contributed by atoms with Crippen molar-refractivity contribution in [1.29, 1.82) is 0 Å². The Morgan fingerprint density at radius 1 is 1.26 bits per heavy atom. The van der Waals surface area contributed by atoms with Gasteiger partial charge in [-0.15, -0.1) is 10.2 Å². The normalized spacial score (nSPS) is 17.7. The van der Waals surface area contributed by atoms with Gasteiger partial charge < -0.3 is 19.5 Å². The average Bonchev–Trinajstić information content (AvgIpc) is 3.15. The molecule has 1 aromatic carbocycles. The number of ether oxygens (including phenoxy) is 3. The zero-order chi connectivity index (χ0) is 25.8. The molecule has 0 aliphatic carbocycles. The van der Waals surface area contributed by atoms with Gasteiger partial charge in [-0.2, -0.15) is 13.2 Å². The maximum atomic E-state index is 14.3. The molecule has 0 bridgehead atoms. The Balaban J connectivity index is 1.91. The number of hydrogen-bond donors (Lipinski definition) is 1. The molecular formula is C21H18ClF4N3O6. The van der Waals surface area contributed by atoms with Gasteiger partial charge in [0.15, 0.2) is 5.82 Å². The summed E-state index contributed by atoms with van der Waals surface area (Å²) >= 11 is 5.86. The van der Waals surface area contributed by atoms with Gasteiger partial charge in [-0.05, 0) is 37.1 Å². The van der Waals surface area contributed by atoms with Crippen molar-refractivity contribution in [3.05, 3.63) is 40.7 Å². The van der Waals surface area contributed by atoms with Crippen LogP contribution in [0, 0.1) is 11.2 Å². The largest absolute Gasteiger partial charge is 0.491 e. The lowest BCUT2D eigenvalue weighted by Crippen LogP contribution is -2.34. The van der Waals surface area contributed by atoms with Crippen LogP contribution in [0.1, 0.15) is 23.2 Å². The number of carbonyl (C=O) groups is 3. The van der Waals surface area contributed by atoms with Crippen molar-refractivity contribution in [2.24, 2.45) is 5.41 Å². The van der Waals surface area contributed by atoms with Crippen LogP contribution in [0.4, 0.5) is 23.4 Å². The standard InChI is InChI=1S/C21H18ClF4N3O6/c1-33-10-20(5-7-34-18(20)31)4-6-27-16-13(17(30)35-19(32)21(24,25)26)9-15(28-29-16)12-8-11(22)2-3-14(12)23/h2-3,8-9H,4-7,10H2,1H3,(H,27,29). The molecule has 0 saturated carbocycles. The Hall–Kier alpha value is -3.32. The van der Waals surface area contributed by atoms with Crippen LogP contribution in [0.3, 0.4) is 0 Å². The van der Waals surface area contributed by atoms with Gasteiger partial charge in [-0.25, -0.2) is 14.0 Å². The quantitative estimate of drug-likeness (QED) is 0.317. The number of rotatable bonds is 8. The van der Waals surface area contributed by atoms with Gasteiger partial charge in [-0.1, -0.05) is 11.6 Å². The summed E-state index contributed by atoms with van der Waals surface area (Å²) in [6, 6.07) is 4.35. The summed E-state index contributed by atoms with van der Waals surface area (Å²) in [5.74, 6) is -6.06. The molecular weight excluding hydrogens is 502 g/mol. The second-order valence-electron chi connectivity index (χ2n) is 7.57. The van der Waals surface area contributed by atoms with E-state index in [-0.39, 0.29) is 48.3 Å². The fraction of sp³-hybridized carbons (Fsp3) is 0.381. The Labute approximate surface area is 200 Å². The molecule has 1 atom stereocenters. The van der Waals surface area contributed by atoms with Gasteiger partial charge in [-0.3, -0.25) is 4.79 Å². The average molecular weight is 520 g/mol. The van der Waals surface area contributed by atoms with Gasteiger partial charge in [0.25, 0.3) is 0 Å². The van der Waals surface area contributed by atoms with Crippen molar-refractivity contribution < 1.29 is 46.2 Å². The topological polar surface area (TPSA) is 117 Å². The molecule has 1 aliphatic heterocycles. The molecule has 35 heavy (non-hydrogen) atoms. The summed E-state index contributed by atoms with van der Waals surface area (Å²) in [4.78, 5) is 35.8. The monoisotopic (exact) mass is 519 g/mol. The Morgan fingerprint density at radius 2 is 2.00 bits per heavy atom. The van der Waals surface area contributed by atoms with Gasteiger partial charge >= 0.3 is 24.1 Å². The van der Waals surface area contributed by atoms with Crippen molar-refractivity contribution in [1.82, 2.24) is 10.2 Å². The van der Waals surface area contributed by atoms with E-state index in [0.29, 0.717) is 6.42 Å².